The number of aliphatic carboxylic acids is 1. The van der Waals surface area contributed by atoms with Crippen LogP contribution in [0.5, 0.6) is 0 Å². The maximum absolute atomic E-state index is 13.1. The minimum atomic E-state index is -1.04. The quantitative estimate of drug-likeness (QED) is 0.857. The molecule has 1 aromatic carbocycles. The number of rotatable bonds is 4. The lowest BCUT2D eigenvalue weighted by Crippen LogP contribution is -2.26. The van der Waals surface area contributed by atoms with Crippen molar-refractivity contribution in [1.82, 2.24) is 0 Å². The number of carboxylic acids is 1. The fraction of sp³-hybridized carbons (Fsp3) is 0.300. The van der Waals surface area contributed by atoms with Gasteiger partial charge in [0, 0.05) is 12.1 Å². The number of halogens is 3. The summed E-state index contributed by atoms with van der Waals surface area (Å²) in [5.74, 6) is -2.40. The third-order valence-electron chi connectivity index (χ3n) is 1.93. The first kappa shape index (κ1) is 14.8. The van der Waals surface area contributed by atoms with Gasteiger partial charge in [0.15, 0.2) is 0 Å². The molecule has 0 heterocycles. The second-order valence-corrected chi connectivity index (χ2v) is 3.30. The van der Waals surface area contributed by atoms with Crippen LogP contribution in [0.15, 0.2) is 18.2 Å². The molecule has 90 valence electrons. The van der Waals surface area contributed by atoms with Gasteiger partial charge in [0.25, 0.3) is 0 Å². The first-order chi connectivity index (χ1) is 6.99. The molecular weight excluding hydrogens is 240 g/mol. The van der Waals surface area contributed by atoms with Gasteiger partial charge >= 0.3 is 5.97 Å². The summed E-state index contributed by atoms with van der Waals surface area (Å²) in [5, 5.41) is 8.44. The monoisotopic (exact) mass is 251 g/mol. The van der Waals surface area contributed by atoms with Gasteiger partial charge in [-0.25, -0.2) is 8.78 Å². The Kier molecular flexibility index (Phi) is 5.92. The maximum atomic E-state index is 13.1. The summed E-state index contributed by atoms with van der Waals surface area (Å²) in [6.45, 7) is 0. The molecule has 3 nitrogen and oxygen atoms in total. The van der Waals surface area contributed by atoms with Crippen molar-refractivity contribution in [3.8, 4) is 0 Å². The molecule has 0 aliphatic carbocycles. The van der Waals surface area contributed by atoms with E-state index >= 15 is 0 Å². The lowest BCUT2D eigenvalue weighted by molar-refractivity contribution is -0.137. The van der Waals surface area contributed by atoms with E-state index in [1.54, 1.807) is 0 Å². The van der Waals surface area contributed by atoms with E-state index < -0.39 is 23.6 Å². The zero-order chi connectivity index (χ0) is 11.4. The average Bonchev–Trinajstić information content (AvgIpc) is 2.08. The minimum absolute atomic E-state index is 0. The van der Waals surface area contributed by atoms with Crippen molar-refractivity contribution in [1.29, 1.82) is 0 Å². The molecule has 0 unspecified atom stereocenters. The molecule has 1 aromatic rings. The fourth-order valence-electron chi connectivity index (χ4n) is 1.27. The molecule has 6 heteroatoms. The zero-order valence-corrected chi connectivity index (χ0v) is 9.14. The summed E-state index contributed by atoms with van der Waals surface area (Å²) in [7, 11) is 0. The van der Waals surface area contributed by atoms with Crippen LogP contribution in [-0.2, 0) is 11.2 Å². The second-order valence-electron chi connectivity index (χ2n) is 3.30. The van der Waals surface area contributed by atoms with Crippen molar-refractivity contribution in [2.45, 2.75) is 18.9 Å². The number of carboxylic acid groups (broad SMARTS) is 1. The third kappa shape index (κ3) is 4.55. The first-order valence-corrected chi connectivity index (χ1v) is 4.40. The molecule has 1 rings (SSSR count). The van der Waals surface area contributed by atoms with Gasteiger partial charge in [0.2, 0.25) is 0 Å². The Bertz CT molecular complexity index is 374. The Morgan fingerprint density at radius 3 is 2.56 bits per heavy atom. The van der Waals surface area contributed by atoms with E-state index in [9.17, 15) is 13.6 Å². The number of hydrogen-bond donors (Lipinski definition) is 2. The van der Waals surface area contributed by atoms with E-state index in [1.807, 2.05) is 0 Å². The summed E-state index contributed by atoms with van der Waals surface area (Å²) >= 11 is 0. The van der Waals surface area contributed by atoms with Crippen molar-refractivity contribution in [3.05, 3.63) is 35.4 Å². The van der Waals surface area contributed by atoms with Crippen molar-refractivity contribution in [2.75, 3.05) is 0 Å². The summed E-state index contributed by atoms with van der Waals surface area (Å²) in [6.07, 6.45) is -0.158. The van der Waals surface area contributed by atoms with Crippen molar-refractivity contribution < 1.29 is 18.7 Å². The highest BCUT2D eigenvalue weighted by atomic mass is 35.5. The molecule has 16 heavy (non-hydrogen) atoms. The standard InChI is InChI=1S/C10H11F2NO2.ClH/c11-7-2-1-6(9(12)4-7)3-8(13)5-10(14)15;/h1-2,4,8H,3,5,13H2,(H,14,15);1H/t8-;/m1./s1. The largest absolute Gasteiger partial charge is 0.481 e. The van der Waals surface area contributed by atoms with Gasteiger partial charge in [0.05, 0.1) is 6.42 Å². The predicted octanol–water partition coefficient (Wildman–Crippen LogP) is 1.73. The van der Waals surface area contributed by atoms with Crippen LogP contribution < -0.4 is 5.73 Å². The highest BCUT2D eigenvalue weighted by Crippen LogP contribution is 2.12. The fourth-order valence-corrected chi connectivity index (χ4v) is 1.27. The van der Waals surface area contributed by atoms with Crippen LogP contribution >= 0.6 is 12.4 Å². The Balaban J connectivity index is 0.00000225. The Morgan fingerprint density at radius 2 is 2.06 bits per heavy atom. The van der Waals surface area contributed by atoms with E-state index in [1.165, 1.54) is 6.07 Å². The third-order valence-corrected chi connectivity index (χ3v) is 1.93. The Morgan fingerprint density at radius 1 is 1.44 bits per heavy atom. The van der Waals surface area contributed by atoms with Crippen molar-refractivity contribution >= 4 is 18.4 Å². The summed E-state index contributed by atoms with van der Waals surface area (Å²) in [5.41, 5.74) is 5.70. The smallest absolute Gasteiger partial charge is 0.304 e. The van der Waals surface area contributed by atoms with Crippen molar-refractivity contribution in [3.63, 3.8) is 0 Å². The lowest BCUT2D eigenvalue weighted by atomic mass is 10.0. The van der Waals surface area contributed by atoms with Crippen molar-refractivity contribution in [2.24, 2.45) is 5.73 Å². The zero-order valence-electron chi connectivity index (χ0n) is 8.32. The van der Waals surface area contributed by atoms with Crippen LogP contribution in [0.4, 0.5) is 8.78 Å². The van der Waals surface area contributed by atoms with E-state index in [2.05, 4.69) is 0 Å². The van der Waals surface area contributed by atoms with Gasteiger partial charge in [-0.3, -0.25) is 4.79 Å². The van der Waals surface area contributed by atoms with E-state index in [-0.39, 0.29) is 30.8 Å². The van der Waals surface area contributed by atoms with Crippen LogP contribution in [0.1, 0.15) is 12.0 Å². The highest BCUT2D eigenvalue weighted by molar-refractivity contribution is 5.85. The molecule has 0 saturated heterocycles. The number of hydrogen-bond acceptors (Lipinski definition) is 2. The van der Waals surface area contributed by atoms with E-state index in [4.69, 9.17) is 10.8 Å². The molecule has 1 atom stereocenters. The van der Waals surface area contributed by atoms with Crippen LogP contribution in [0.25, 0.3) is 0 Å². The molecule has 0 aliphatic heterocycles. The molecule has 0 fully saturated rings. The van der Waals surface area contributed by atoms with E-state index in [0.29, 0.717) is 0 Å². The average molecular weight is 252 g/mol. The van der Waals surface area contributed by atoms with Crippen LogP contribution in [0.2, 0.25) is 0 Å². The lowest BCUT2D eigenvalue weighted by Gasteiger charge is -2.09. The first-order valence-electron chi connectivity index (χ1n) is 4.40. The van der Waals surface area contributed by atoms with Crippen LogP contribution in [0.3, 0.4) is 0 Å². The SMILES string of the molecule is Cl.N[C@@H](CC(=O)O)Cc1ccc(F)cc1F. The second kappa shape index (κ2) is 6.40. The van der Waals surface area contributed by atoms with Crippen LogP contribution in [0, 0.1) is 11.6 Å². The number of nitrogens with two attached hydrogens (primary N) is 1. The molecule has 0 bridgehead atoms. The summed E-state index contributed by atoms with van der Waals surface area (Å²) in [4.78, 5) is 10.3. The normalized spacial score (nSPS) is 11.7. The molecule has 0 aliphatic rings. The topological polar surface area (TPSA) is 63.3 Å². The molecule has 3 N–H and O–H groups in total. The number of benzene rings is 1. The minimum Gasteiger partial charge on any atom is -0.481 e. The van der Waals surface area contributed by atoms with Gasteiger partial charge in [0.1, 0.15) is 11.6 Å². The highest BCUT2D eigenvalue weighted by Gasteiger charge is 2.12. The Hall–Kier alpha value is -1.20. The summed E-state index contributed by atoms with van der Waals surface area (Å²) < 4.78 is 25.6. The molecule has 0 radical (unpaired) electrons. The summed E-state index contributed by atoms with van der Waals surface area (Å²) in [6, 6.07) is 2.48. The predicted molar refractivity (Wildman–Crippen MR) is 57.5 cm³/mol. The molecule has 0 spiro atoms. The molecule has 0 aromatic heterocycles. The van der Waals surface area contributed by atoms with Gasteiger partial charge < -0.3 is 10.8 Å². The van der Waals surface area contributed by atoms with Crippen LogP contribution in [-0.4, -0.2) is 17.1 Å². The van der Waals surface area contributed by atoms with Gasteiger partial charge in [-0.15, -0.1) is 12.4 Å². The maximum Gasteiger partial charge on any atom is 0.304 e. The van der Waals surface area contributed by atoms with E-state index in [0.717, 1.165) is 12.1 Å². The Labute approximate surface area is 97.7 Å². The molecule has 0 amide bonds. The van der Waals surface area contributed by atoms with Gasteiger partial charge in [-0.1, -0.05) is 6.07 Å². The molecule has 0 saturated carbocycles. The van der Waals surface area contributed by atoms with Gasteiger partial charge in [-0.2, -0.15) is 0 Å². The molecular formula is C10H12ClF2NO2. The van der Waals surface area contributed by atoms with Gasteiger partial charge in [-0.05, 0) is 18.1 Å². The number of carbonyl (C=O) groups is 1.